The van der Waals surface area contributed by atoms with Gasteiger partial charge in [-0.05, 0) is 50.0 Å². The minimum Gasteiger partial charge on any atom is -0.356 e. The van der Waals surface area contributed by atoms with Gasteiger partial charge < -0.3 is 10.6 Å². The second-order valence-electron chi connectivity index (χ2n) is 5.79. The topological polar surface area (TPSA) is 49.3 Å². The Morgan fingerprint density at radius 3 is 2.87 bits per heavy atom. The molecular formula is C17H29IN4S. The van der Waals surface area contributed by atoms with E-state index in [2.05, 4.69) is 51.4 Å². The maximum absolute atomic E-state index is 4.34. The molecule has 4 nitrogen and oxygen atoms in total. The van der Waals surface area contributed by atoms with Crippen molar-refractivity contribution in [3.63, 3.8) is 0 Å². The van der Waals surface area contributed by atoms with Gasteiger partial charge in [0.1, 0.15) is 0 Å². The molecule has 0 amide bonds. The summed E-state index contributed by atoms with van der Waals surface area (Å²) in [4.78, 5) is 8.67. The Labute approximate surface area is 161 Å². The molecule has 1 aromatic rings. The molecule has 0 saturated heterocycles. The number of hydrogen-bond donors (Lipinski definition) is 2. The van der Waals surface area contributed by atoms with Crippen molar-refractivity contribution in [2.45, 2.75) is 50.8 Å². The number of nitrogens with zero attached hydrogens (tertiary/aromatic N) is 2. The van der Waals surface area contributed by atoms with Gasteiger partial charge in [0.2, 0.25) is 0 Å². The molecule has 130 valence electrons. The molecule has 0 bridgehead atoms. The molecule has 1 aromatic heterocycles. The molecule has 0 aromatic carbocycles. The van der Waals surface area contributed by atoms with Gasteiger partial charge in [-0.1, -0.05) is 13.0 Å². The molecule has 6 heteroatoms. The first-order valence-corrected chi connectivity index (χ1v) is 9.26. The minimum atomic E-state index is 0. The number of guanidine groups is 1. The lowest BCUT2D eigenvalue weighted by Gasteiger charge is -2.17. The number of halogens is 1. The van der Waals surface area contributed by atoms with Crippen LogP contribution in [-0.2, 0) is 6.42 Å². The van der Waals surface area contributed by atoms with E-state index < -0.39 is 0 Å². The molecule has 2 unspecified atom stereocenters. The van der Waals surface area contributed by atoms with Gasteiger partial charge in [-0.25, -0.2) is 0 Å². The first-order chi connectivity index (χ1) is 10.7. The number of aliphatic imine (C=N–C) groups is 1. The standard InChI is InChI=1S/C17H28N4S.HI/c1-4-22-16-8-7-15(11-16)21-17(18-3)19-10-9-14-6-5-13(2)20-12-14;/h5-6,12,15-16H,4,7-11H2,1-3H3,(H2,18,19,21);1H. The highest BCUT2D eigenvalue weighted by Crippen LogP contribution is 2.29. The van der Waals surface area contributed by atoms with E-state index in [0.29, 0.717) is 6.04 Å². The molecule has 1 aliphatic carbocycles. The monoisotopic (exact) mass is 448 g/mol. The number of nitrogens with one attached hydrogen (secondary N) is 2. The van der Waals surface area contributed by atoms with Crippen LogP contribution in [0.2, 0.25) is 0 Å². The van der Waals surface area contributed by atoms with Crippen LogP contribution in [0.3, 0.4) is 0 Å². The van der Waals surface area contributed by atoms with Crippen molar-refractivity contribution in [2.75, 3.05) is 19.3 Å². The molecule has 1 fully saturated rings. The lowest BCUT2D eigenvalue weighted by Crippen LogP contribution is -2.43. The summed E-state index contributed by atoms with van der Waals surface area (Å²) in [5.41, 5.74) is 2.32. The van der Waals surface area contributed by atoms with E-state index in [9.17, 15) is 0 Å². The van der Waals surface area contributed by atoms with Crippen molar-refractivity contribution in [3.05, 3.63) is 29.6 Å². The van der Waals surface area contributed by atoms with Gasteiger partial charge in [-0.3, -0.25) is 9.98 Å². The van der Waals surface area contributed by atoms with Gasteiger partial charge in [-0.15, -0.1) is 24.0 Å². The number of rotatable bonds is 6. The van der Waals surface area contributed by atoms with E-state index in [-0.39, 0.29) is 24.0 Å². The van der Waals surface area contributed by atoms with Crippen LogP contribution in [0, 0.1) is 6.92 Å². The zero-order valence-electron chi connectivity index (χ0n) is 14.3. The van der Waals surface area contributed by atoms with Gasteiger partial charge in [0.15, 0.2) is 5.96 Å². The molecule has 0 radical (unpaired) electrons. The van der Waals surface area contributed by atoms with Gasteiger partial charge in [-0.2, -0.15) is 11.8 Å². The quantitative estimate of drug-likeness (QED) is 0.398. The first-order valence-electron chi connectivity index (χ1n) is 8.21. The average molecular weight is 448 g/mol. The van der Waals surface area contributed by atoms with Gasteiger partial charge >= 0.3 is 0 Å². The van der Waals surface area contributed by atoms with Gasteiger partial charge in [0.05, 0.1) is 0 Å². The van der Waals surface area contributed by atoms with Crippen LogP contribution in [0.4, 0.5) is 0 Å². The number of hydrogen-bond acceptors (Lipinski definition) is 3. The summed E-state index contributed by atoms with van der Waals surface area (Å²) in [5.74, 6) is 2.14. The zero-order valence-corrected chi connectivity index (χ0v) is 17.5. The highest BCUT2D eigenvalue weighted by atomic mass is 127. The van der Waals surface area contributed by atoms with E-state index in [0.717, 1.165) is 29.9 Å². The van der Waals surface area contributed by atoms with Gasteiger partial charge in [0.25, 0.3) is 0 Å². The Kier molecular flexibility index (Phi) is 9.94. The molecule has 0 spiro atoms. The van der Waals surface area contributed by atoms with Crippen molar-refractivity contribution in [3.8, 4) is 0 Å². The van der Waals surface area contributed by atoms with E-state index >= 15 is 0 Å². The molecule has 1 heterocycles. The predicted molar refractivity (Wildman–Crippen MR) is 112 cm³/mol. The summed E-state index contributed by atoms with van der Waals surface area (Å²) in [7, 11) is 1.84. The normalized spacial score (nSPS) is 20.9. The lowest BCUT2D eigenvalue weighted by atomic mass is 10.2. The number of aromatic nitrogens is 1. The molecule has 2 atom stereocenters. The van der Waals surface area contributed by atoms with E-state index in [4.69, 9.17) is 0 Å². The lowest BCUT2D eigenvalue weighted by molar-refractivity contribution is 0.614. The van der Waals surface area contributed by atoms with Crippen molar-refractivity contribution < 1.29 is 0 Å². The fraction of sp³-hybridized carbons (Fsp3) is 0.647. The Morgan fingerprint density at radius 2 is 2.22 bits per heavy atom. The molecule has 2 N–H and O–H groups in total. The summed E-state index contributed by atoms with van der Waals surface area (Å²) in [6.45, 7) is 5.13. The van der Waals surface area contributed by atoms with E-state index in [1.165, 1.54) is 30.6 Å². The maximum Gasteiger partial charge on any atom is 0.191 e. The zero-order chi connectivity index (χ0) is 15.8. The van der Waals surface area contributed by atoms with Crippen LogP contribution in [0.25, 0.3) is 0 Å². The fourth-order valence-electron chi connectivity index (χ4n) is 2.82. The summed E-state index contributed by atoms with van der Waals surface area (Å²) in [5, 5.41) is 7.79. The van der Waals surface area contributed by atoms with Crippen molar-refractivity contribution in [1.29, 1.82) is 0 Å². The highest BCUT2D eigenvalue weighted by Gasteiger charge is 2.24. The van der Waals surface area contributed by atoms with Crippen LogP contribution in [0.5, 0.6) is 0 Å². The third-order valence-corrected chi connectivity index (χ3v) is 5.26. The summed E-state index contributed by atoms with van der Waals surface area (Å²) >= 11 is 2.09. The molecule has 2 rings (SSSR count). The Balaban J connectivity index is 0.00000264. The molecule has 1 saturated carbocycles. The van der Waals surface area contributed by atoms with Crippen LogP contribution in [-0.4, -0.2) is 41.6 Å². The molecule has 1 aliphatic rings. The van der Waals surface area contributed by atoms with Crippen LogP contribution < -0.4 is 10.6 Å². The second-order valence-corrected chi connectivity index (χ2v) is 7.37. The molecule has 0 aliphatic heterocycles. The van der Waals surface area contributed by atoms with Crippen LogP contribution >= 0.6 is 35.7 Å². The minimum absolute atomic E-state index is 0. The predicted octanol–water partition coefficient (Wildman–Crippen LogP) is 3.39. The Hall–Kier alpha value is -0.500. The summed E-state index contributed by atoms with van der Waals surface area (Å²) in [6, 6.07) is 4.77. The summed E-state index contributed by atoms with van der Waals surface area (Å²) < 4.78 is 0. The highest BCUT2D eigenvalue weighted by molar-refractivity contribution is 14.0. The average Bonchev–Trinajstić information content (AvgIpc) is 2.96. The smallest absolute Gasteiger partial charge is 0.191 e. The fourth-order valence-corrected chi connectivity index (χ4v) is 3.96. The number of thioether (sulfide) groups is 1. The Bertz CT molecular complexity index is 478. The number of aryl methyl sites for hydroxylation is 1. The third-order valence-electron chi connectivity index (χ3n) is 4.03. The second kappa shape index (κ2) is 11.1. The van der Waals surface area contributed by atoms with Crippen LogP contribution in [0.15, 0.2) is 23.3 Å². The third kappa shape index (κ3) is 7.28. The number of pyridine rings is 1. The molecule has 23 heavy (non-hydrogen) atoms. The largest absolute Gasteiger partial charge is 0.356 e. The SMILES string of the molecule is CCSC1CCC(NC(=NC)NCCc2ccc(C)nc2)C1.I. The first kappa shape index (κ1) is 20.5. The molecular weight excluding hydrogens is 419 g/mol. The van der Waals surface area contributed by atoms with Crippen molar-refractivity contribution >= 4 is 41.7 Å². The van der Waals surface area contributed by atoms with Crippen molar-refractivity contribution in [2.24, 2.45) is 4.99 Å². The van der Waals surface area contributed by atoms with Crippen molar-refractivity contribution in [1.82, 2.24) is 15.6 Å². The van der Waals surface area contributed by atoms with Crippen LogP contribution in [0.1, 0.15) is 37.4 Å². The summed E-state index contributed by atoms with van der Waals surface area (Å²) in [6.07, 6.45) is 6.74. The van der Waals surface area contributed by atoms with Gasteiger partial charge in [0, 0.05) is 36.8 Å². The van der Waals surface area contributed by atoms with E-state index in [1.807, 2.05) is 20.2 Å². The van der Waals surface area contributed by atoms with E-state index in [1.54, 1.807) is 0 Å². The maximum atomic E-state index is 4.34. The Morgan fingerprint density at radius 1 is 1.39 bits per heavy atom.